The molecule has 0 saturated carbocycles. The van der Waals surface area contributed by atoms with Crippen molar-refractivity contribution in [3.8, 4) is 5.75 Å². The second-order valence-corrected chi connectivity index (χ2v) is 10.7. The molecule has 5 rings (SSSR count). The van der Waals surface area contributed by atoms with E-state index in [4.69, 9.17) is 21.2 Å². The summed E-state index contributed by atoms with van der Waals surface area (Å²) >= 11 is 5.84. The minimum atomic E-state index is -4.59. The van der Waals surface area contributed by atoms with Crippen LogP contribution >= 0.6 is 11.6 Å². The molecule has 0 unspecified atom stereocenters. The van der Waals surface area contributed by atoms with Gasteiger partial charge in [0.15, 0.2) is 5.82 Å². The van der Waals surface area contributed by atoms with Crippen LogP contribution in [-0.4, -0.2) is 67.2 Å². The summed E-state index contributed by atoms with van der Waals surface area (Å²) in [5, 5.41) is 7.24. The first-order valence-corrected chi connectivity index (χ1v) is 14.5. The molecule has 1 aromatic heterocycles. The molecule has 2 saturated heterocycles. The van der Waals surface area contributed by atoms with E-state index in [1.165, 1.54) is 23.5 Å². The Kier molecular flexibility index (Phi) is 9.47. The Hall–Kier alpha value is -4.07. The molecular weight excluding hydrogens is 599 g/mol. The predicted octanol–water partition coefficient (Wildman–Crippen LogP) is 6.05. The van der Waals surface area contributed by atoms with Crippen LogP contribution in [0.25, 0.3) is 0 Å². The van der Waals surface area contributed by atoms with E-state index in [0.717, 1.165) is 44.5 Å². The summed E-state index contributed by atoms with van der Waals surface area (Å²) in [5.74, 6) is 0.885. The summed E-state index contributed by atoms with van der Waals surface area (Å²) in [6.07, 6.45) is -1.61. The Morgan fingerprint density at radius 1 is 1.16 bits per heavy atom. The third-order valence-corrected chi connectivity index (χ3v) is 7.98. The Morgan fingerprint density at radius 3 is 2.61 bits per heavy atom. The first-order chi connectivity index (χ1) is 21.1. The average Bonchev–Trinajstić information content (AvgIpc) is 3.51. The second-order valence-electron chi connectivity index (χ2n) is 10.3. The highest BCUT2D eigenvalue weighted by molar-refractivity contribution is 6.31. The van der Waals surface area contributed by atoms with Crippen LogP contribution in [0.4, 0.5) is 41.9 Å². The number of carbonyl (C=O) groups is 1. The third-order valence-electron chi connectivity index (χ3n) is 7.65. The quantitative estimate of drug-likeness (QED) is 0.274. The Bertz CT molecular complexity index is 1520. The van der Waals surface area contributed by atoms with E-state index in [-0.39, 0.29) is 17.5 Å². The number of benzene rings is 2. The van der Waals surface area contributed by atoms with Gasteiger partial charge in [0.2, 0.25) is 5.91 Å². The van der Waals surface area contributed by atoms with Crippen molar-refractivity contribution in [3.63, 3.8) is 0 Å². The molecule has 2 N–H and O–H groups in total. The number of aromatic nitrogens is 2. The van der Waals surface area contributed by atoms with Crippen molar-refractivity contribution in [2.45, 2.75) is 25.6 Å². The van der Waals surface area contributed by atoms with Crippen LogP contribution in [-0.2, 0) is 15.8 Å². The summed E-state index contributed by atoms with van der Waals surface area (Å²) in [4.78, 5) is 31.4. The average molecular weight is 632 g/mol. The van der Waals surface area contributed by atoms with Crippen molar-refractivity contribution in [2.24, 2.45) is 0 Å². The maximum Gasteiger partial charge on any atom is 0.417 e. The molecule has 44 heavy (non-hydrogen) atoms. The zero-order chi connectivity index (χ0) is 31.4. The van der Waals surface area contributed by atoms with E-state index < -0.39 is 17.8 Å². The number of nitrogens with one attached hydrogen (secondary N) is 2. The summed E-state index contributed by atoms with van der Waals surface area (Å²) in [5.41, 5.74) is 1.40. The normalized spacial score (nSPS) is 17.5. The standard InChI is InChI=1S/C30H33ClF3N7O3/c1-4-29(42)38-22-15-23(26(43-3)16-25(22)40-11-9-39(5-2)10-12-40)37-27-17-28(36-18-35-27)41-24(8-13-44-41)19-6-7-21(31)20(14-19)30(32,33)34/h4,6-7,14-18,24H,1,5,8-13H2,2-3H3,(H,38,42)(H,35,36,37)/t24-/m1/s1. The lowest BCUT2D eigenvalue weighted by atomic mass is 10.0. The molecule has 234 valence electrons. The van der Waals surface area contributed by atoms with Crippen molar-refractivity contribution in [1.82, 2.24) is 14.9 Å². The minimum Gasteiger partial charge on any atom is -0.494 e. The molecule has 2 aliphatic heterocycles. The summed E-state index contributed by atoms with van der Waals surface area (Å²) in [6.45, 7) is 10.3. The van der Waals surface area contributed by atoms with Gasteiger partial charge in [0, 0.05) is 44.7 Å². The van der Waals surface area contributed by atoms with Gasteiger partial charge in [-0.15, -0.1) is 0 Å². The molecule has 0 bridgehead atoms. The third kappa shape index (κ3) is 6.85. The van der Waals surface area contributed by atoms with Crippen molar-refractivity contribution < 1.29 is 27.5 Å². The van der Waals surface area contributed by atoms with Gasteiger partial charge in [0.05, 0.1) is 47.4 Å². The molecule has 0 spiro atoms. The van der Waals surface area contributed by atoms with Gasteiger partial charge in [-0.2, -0.15) is 13.2 Å². The Morgan fingerprint density at radius 2 is 1.93 bits per heavy atom. The van der Waals surface area contributed by atoms with E-state index in [9.17, 15) is 18.0 Å². The SMILES string of the molecule is C=CC(=O)Nc1cc(Nc2cc(N3OCC[C@@H]3c3ccc(Cl)c(C(F)(F)F)c3)ncn2)c(OC)cc1N1CCN(CC)CC1. The van der Waals surface area contributed by atoms with Crippen LogP contribution < -0.4 is 25.3 Å². The van der Waals surface area contributed by atoms with Crippen LogP contribution in [0.3, 0.4) is 0 Å². The van der Waals surface area contributed by atoms with Crippen LogP contribution in [0.15, 0.2) is 55.4 Å². The number of nitrogens with zero attached hydrogens (tertiary/aromatic N) is 5. The van der Waals surface area contributed by atoms with Crippen LogP contribution in [0.1, 0.15) is 30.5 Å². The van der Waals surface area contributed by atoms with Crippen molar-refractivity contribution in [2.75, 3.05) is 67.0 Å². The molecule has 3 heterocycles. The highest BCUT2D eigenvalue weighted by Crippen LogP contribution is 2.42. The number of ether oxygens (including phenoxy) is 1. The molecule has 10 nitrogen and oxygen atoms in total. The molecule has 14 heteroatoms. The lowest BCUT2D eigenvalue weighted by Gasteiger charge is -2.36. The number of anilines is 5. The number of likely N-dealkylation sites (N-methyl/N-ethyl adjacent to an activating group) is 1. The maximum absolute atomic E-state index is 13.5. The molecule has 0 radical (unpaired) electrons. The lowest BCUT2D eigenvalue weighted by molar-refractivity contribution is -0.137. The van der Waals surface area contributed by atoms with Gasteiger partial charge >= 0.3 is 6.18 Å². The van der Waals surface area contributed by atoms with Crippen LogP contribution in [0, 0.1) is 0 Å². The van der Waals surface area contributed by atoms with Gasteiger partial charge < -0.3 is 25.2 Å². The highest BCUT2D eigenvalue weighted by Gasteiger charge is 2.36. The number of methoxy groups -OCH3 is 1. The molecule has 3 aromatic rings. The molecule has 2 aliphatic rings. The maximum atomic E-state index is 13.5. The van der Waals surface area contributed by atoms with Gasteiger partial charge in [-0.25, -0.2) is 15.0 Å². The van der Waals surface area contributed by atoms with Crippen LogP contribution in [0.5, 0.6) is 5.75 Å². The summed E-state index contributed by atoms with van der Waals surface area (Å²) in [6, 6.07) is 8.57. The molecular formula is C30H33ClF3N7O3. The van der Waals surface area contributed by atoms with Crippen LogP contribution in [0.2, 0.25) is 5.02 Å². The summed E-state index contributed by atoms with van der Waals surface area (Å²) < 4.78 is 46.3. The number of hydroxylamine groups is 1. The van der Waals surface area contributed by atoms with E-state index in [1.807, 2.05) is 6.07 Å². The number of rotatable bonds is 9. The fourth-order valence-corrected chi connectivity index (χ4v) is 5.55. The largest absolute Gasteiger partial charge is 0.494 e. The topological polar surface area (TPSA) is 95.1 Å². The monoisotopic (exact) mass is 631 g/mol. The number of amides is 1. The predicted molar refractivity (Wildman–Crippen MR) is 164 cm³/mol. The van der Waals surface area contributed by atoms with E-state index in [0.29, 0.717) is 40.7 Å². The Labute approximate surface area is 258 Å². The zero-order valence-corrected chi connectivity index (χ0v) is 25.1. The smallest absolute Gasteiger partial charge is 0.417 e. The first-order valence-electron chi connectivity index (χ1n) is 14.1. The second kappa shape index (κ2) is 13.3. The Balaban J connectivity index is 1.43. The molecule has 0 aliphatic carbocycles. The number of alkyl halides is 3. The highest BCUT2D eigenvalue weighted by atomic mass is 35.5. The molecule has 1 atom stereocenters. The zero-order valence-electron chi connectivity index (χ0n) is 24.3. The minimum absolute atomic E-state index is 0.287. The number of piperazine rings is 1. The summed E-state index contributed by atoms with van der Waals surface area (Å²) in [7, 11) is 1.55. The number of hydrogen-bond donors (Lipinski definition) is 2. The fraction of sp³-hybridized carbons (Fsp3) is 0.367. The van der Waals surface area contributed by atoms with Gasteiger partial charge in [-0.1, -0.05) is 31.2 Å². The van der Waals surface area contributed by atoms with E-state index in [2.05, 4.69) is 43.9 Å². The van der Waals surface area contributed by atoms with Gasteiger partial charge in [-0.05, 0) is 36.4 Å². The lowest BCUT2D eigenvalue weighted by Crippen LogP contribution is -2.46. The van der Waals surface area contributed by atoms with Crippen molar-refractivity contribution in [3.05, 3.63) is 71.5 Å². The fourth-order valence-electron chi connectivity index (χ4n) is 5.33. The molecule has 2 fully saturated rings. The molecule has 1 amide bonds. The number of halogens is 4. The number of carbonyl (C=O) groups excluding carboxylic acids is 1. The van der Waals surface area contributed by atoms with Gasteiger partial charge in [-0.3, -0.25) is 9.63 Å². The van der Waals surface area contributed by atoms with Crippen molar-refractivity contribution in [1.29, 1.82) is 0 Å². The van der Waals surface area contributed by atoms with E-state index in [1.54, 1.807) is 25.3 Å². The first kappa shape index (κ1) is 31.4. The number of hydrogen-bond acceptors (Lipinski definition) is 9. The van der Waals surface area contributed by atoms with E-state index >= 15 is 0 Å². The molecule has 2 aromatic carbocycles. The van der Waals surface area contributed by atoms with Crippen molar-refractivity contribution >= 4 is 46.2 Å². The van der Waals surface area contributed by atoms with Gasteiger partial charge in [0.25, 0.3) is 0 Å². The van der Waals surface area contributed by atoms with Gasteiger partial charge in [0.1, 0.15) is 17.9 Å².